The molecule has 0 spiro atoms. The van der Waals surface area contributed by atoms with Crippen molar-refractivity contribution in [2.24, 2.45) is 17.8 Å². The molecule has 0 aliphatic heterocycles. The Kier molecular flexibility index (Phi) is 7.44. The van der Waals surface area contributed by atoms with Gasteiger partial charge in [-0.2, -0.15) is 0 Å². The summed E-state index contributed by atoms with van der Waals surface area (Å²) in [5.74, 6) is 0.702. The van der Waals surface area contributed by atoms with Gasteiger partial charge in [-0.05, 0) is 37.2 Å². The van der Waals surface area contributed by atoms with E-state index in [1.54, 1.807) is 6.92 Å². The summed E-state index contributed by atoms with van der Waals surface area (Å²) in [6.45, 7) is 8.64. The van der Waals surface area contributed by atoms with E-state index in [1.807, 2.05) is 18.2 Å². The summed E-state index contributed by atoms with van der Waals surface area (Å²) in [7, 11) is 0. The summed E-state index contributed by atoms with van der Waals surface area (Å²) in [5.41, 5.74) is 1.20. The van der Waals surface area contributed by atoms with Gasteiger partial charge in [-0.15, -0.1) is 0 Å². The van der Waals surface area contributed by atoms with E-state index in [0.717, 1.165) is 6.42 Å². The fourth-order valence-corrected chi connectivity index (χ4v) is 2.57. The molecule has 118 valence electrons. The minimum Gasteiger partial charge on any atom is -0.393 e. The molecule has 1 aromatic rings. The molecule has 0 saturated heterocycles. The number of rotatable bonds is 8. The number of nitrogens with one attached hydrogen (secondary N) is 1. The van der Waals surface area contributed by atoms with Crippen LogP contribution in [0.25, 0.3) is 0 Å². The SMILES string of the molecule is CC(O)CC(C)CNC(=O)C(Cc1ccccc1)C(C)C. The Labute approximate surface area is 128 Å². The van der Waals surface area contributed by atoms with Gasteiger partial charge in [-0.3, -0.25) is 4.79 Å². The van der Waals surface area contributed by atoms with Crippen LogP contribution in [0.5, 0.6) is 0 Å². The van der Waals surface area contributed by atoms with Crippen LogP contribution in [0.3, 0.4) is 0 Å². The van der Waals surface area contributed by atoms with E-state index >= 15 is 0 Å². The van der Waals surface area contributed by atoms with Crippen LogP contribution in [0, 0.1) is 17.8 Å². The molecule has 0 fully saturated rings. The number of carbonyl (C=O) groups is 1. The van der Waals surface area contributed by atoms with Crippen LogP contribution in [-0.2, 0) is 11.2 Å². The lowest BCUT2D eigenvalue weighted by Gasteiger charge is -2.22. The Balaban J connectivity index is 2.54. The first kappa shape index (κ1) is 17.7. The van der Waals surface area contributed by atoms with Crippen LogP contribution in [0.4, 0.5) is 0 Å². The average Bonchev–Trinajstić information content (AvgIpc) is 2.42. The summed E-state index contributed by atoms with van der Waals surface area (Å²) < 4.78 is 0. The molecule has 3 heteroatoms. The average molecular weight is 291 g/mol. The van der Waals surface area contributed by atoms with Crippen molar-refractivity contribution in [3.05, 3.63) is 35.9 Å². The molecule has 3 atom stereocenters. The Hall–Kier alpha value is -1.35. The Morgan fingerprint density at radius 1 is 1.14 bits per heavy atom. The van der Waals surface area contributed by atoms with Crippen molar-refractivity contribution in [3.63, 3.8) is 0 Å². The first-order chi connectivity index (χ1) is 9.90. The van der Waals surface area contributed by atoms with Gasteiger partial charge in [0.25, 0.3) is 0 Å². The summed E-state index contributed by atoms with van der Waals surface area (Å²) in [4.78, 5) is 12.4. The minimum absolute atomic E-state index is 0.00819. The first-order valence-corrected chi connectivity index (χ1v) is 7.89. The van der Waals surface area contributed by atoms with Crippen molar-refractivity contribution >= 4 is 5.91 Å². The first-order valence-electron chi connectivity index (χ1n) is 7.89. The summed E-state index contributed by atoms with van der Waals surface area (Å²) >= 11 is 0. The maximum Gasteiger partial charge on any atom is 0.223 e. The van der Waals surface area contributed by atoms with Gasteiger partial charge in [0.2, 0.25) is 5.91 Å². The zero-order valence-corrected chi connectivity index (χ0v) is 13.7. The van der Waals surface area contributed by atoms with E-state index in [-0.39, 0.29) is 17.9 Å². The number of hydrogen-bond acceptors (Lipinski definition) is 2. The van der Waals surface area contributed by atoms with Crippen molar-refractivity contribution < 1.29 is 9.90 Å². The number of hydrogen-bond donors (Lipinski definition) is 2. The van der Waals surface area contributed by atoms with Crippen LogP contribution in [0.15, 0.2) is 30.3 Å². The van der Waals surface area contributed by atoms with Crippen LogP contribution in [0.2, 0.25) is 0 Å². The third-order valence-electron chi connectivity index (χ3n) is 3.81. The summed E-state index contributed by atoms with van der Waals surface area (Å²) in [5, 5.41) is 12.4. The van der Waals surface area contributed by atoms with Gasteiger partial charge in [0.15, 0.2) is 0 Å². The van der Waals surface area contributed by atoms with E-state index in [1.165, 1.54) is 5.56 Å². The fourth-order valence-electron chi connectivity index (χ4n) is 2.57. The molecule has 1 amide bonds. The molecular weight excluding hydrogens is 262 g/mol. The molecular formula is C18H29NO2. The Morgan fingerprint density at radius 2 is 1.76 bits per heavy atom. The highest BCUT2D eigenvalue weighted by Crippen LogP contribution is 2.18. The van der Waals surface area contributed by atoms with E-state index in [0.29, 0.717) is 24.8 Å². The van der Waals surface area contributed by atoms with E-state index < -0.39 is 0 Å². The predicted molar refractivity (Wildman–Crippen MR) is 86.9 cm³/mol. The van der Waals surface area contributed by atoms with Crippen molar-refractivity contribution in [1.29, 1.82) is 0 Å². The van der Waals surface area contributed by atoms with Gasteiger partial charge >= 0.3 is 0 Å². The van der Waals surface area contributed by atoms with E-state index in [2.05, 4.69) is 38.2 Å². The monoisotopic (exact) mass is 291 g/mol. The van der Waals surface area contributed by atoms with Crippen LogP contribution in [0.1, 0.15) is 39.7 Å². The molecule has 0 aliphatic rings. The topological polar surface area (TPSA) is 49.3 Å². The molecule has 1 aromatic carbocycles. The number of benzene rings is 1. The molecule has 21 heavy (non-hydrogen) atoms. The van der Waals surface area contributed by atoms with Crippen molar-refractivity contribution in [2.75, 3.05) is 6.54 Å². The number of carbonyl (C=O) groups excluding carboxylic acids is 1. The van der Waals surface area contributed by atoms with E-state index in [9.17, 15) is 9.90 Å². The zero-order chi connectivity index (χ0) is 15.8. The molecule has 0 saturated carbocycles. The standard InChI is InChI=1S/C18H29NO2/c1-13(2)17(11-16-8-6-5-7-9-16)18(21)19-12-14(3)10-15(4)20/h5-9,13-15,17,20H,10-12H2,1-4H3,(H,19,21). The maximum absolute atomic E-state index is 12.4. The summed E-state index contributed by atoms with van der Waals surface area (Å²) in [6, 6.07) is 10.1. The fraction of sp³-hybridized carbons (Fsp3) is 0.611. The zero-order valence-electron chi connectivity index (χ0n) is 13.7. The lowest BCUT2D eigenvalue weighted by Crippen LogP contribution is -2.37. The third kappa shape index (κ3) is 6.76. The third-order valence-corrected chi connectivity index (χ3v) is 3.81. The second-order valence-corrected chi connectivity index (χ2v) is 6.48. The summed E-state index contributed by atoms with van der Waals surface area (Å²) in [6.07, 6.45) is 1.17. The molecule has 0 heterocycles. The van der Waals surface area contributed by atoms with Gasteiger partial charge in [0.05, 0.1) is 6.10 Å². The molecule has 3 unspecified atom stereocenters. The lowest BCUT2D eigenvalue weighted by atomic mass is 9.88. The Morgan fingerprint density at radius 3 is 2.29 bits per heavy atom. The number of aliphatic hydroxyl groups excluding tert-OH is 1. The Bertz CT molecular complexity index is 414. The quantitative estimate of drug-likeness (QED) is 0.773. The van der Waals surface area contributed by atoms with Crippen LogP contribution >= 0.6 is 0 Å². The van der Waals surface area contributed by atoms with Crippen molar-refractivity contribution in [1.82, 2.24) is 5.32 Å². The minimum atomic E-state index is -0.317. The highest BCUT2D eigenvalue weighted by Gasteiger charge is 2.22. The molecule has 0 radical (unpaired) electrons. The van der Waals surface area contributed by atoms with Crippen molar-refractivity contribution in [2.45, 2.75) is 46.6 Å². The van der Waals surface area contributed by atoms with Gasteiger partial charge in [-0.1, -0.05) is 51.1 Å². The molecule has 0 aliphatic carbocycles. The van der Waals surface area contributed by atoms with Gasteiger partial charge in [0.1, 0.15) is 0 Å². The maximum atomic E-state index is 12.4. The number of amides is 1. The van der Waals surface area contributed by atoms with Crippen molar-refractivity contribution in [3.8, 4) is 0 Å². The highest BCUT2D eigenvalue weighted by molar-refractivity contribution is 5.79. The molecule has 2 N–H and O–H groups in total. The molecule has 0 aromatic heterocycles. The van der Waals surface area contributed by atoms with Crippen LogP contribution < -0.4 is 5.32 Å². The van der Waals surface area contributed by atoms with Crippen LogP contribution in [-0.4, -0.2) is 23.7 Å². The smallest absolute Gasteiger partial charge is 0.223 e. The highest BCUT2D eigenvalue weighted by atomic mass is 16.3. The predicted octanol–water partition coefficient (Wildman–Crippen LogP) is 3.02. The van der Waals surface area contributed by atoms with Gasteiger partial charge in [0, 0.05) is 12.5 Å². The molecule has 3 nitrogen and oxygen atoms in total. The van der Waals surface area contributed by atoms with Gasteiger partial charge in [-0.25, -0.2) is 0 Å². The second kappa shape index (κ2) is 8.83. The van der Waals surface area contributed by atoms with E-state index in [4.69, 9.17) is 0 Å². The normalized spacial score (nSPS) is 15.5. The van der Waals surface area contributed by atoms with Gasteiger partial charge < -0.3 is 10.4 Å². The molecule has 0 bridgehead atoms. The second-order valence-electron chi connectivity index (χ2n) is 6.48. The lowest BCUT2D eigenvalue weighted by molar-refractivity contribution is -0.126. The largest absolute Gasteiger partial charge is 0.393 e. The molecule has 1 rings (SSSR count). The number of aliphatic hydroxyl groups is 1.